The van der Waals surface area contributed by atoms with Crippen molar-refractivity contribution in [3.8, 4) is 0 Å². The third kappa shape index (κ3) is 2.42. The monoisotopic (exact) mass is 249 g/mol. The van der Waals surface area contributed by atoms with Gasteiger partial charge in [-0.05, 0) is 25.8 Å². The molecule has 18 heavy (non-hydrogen) atoms. The second-order valence-electron chi connectivity index (χ2n) is 4.33. The number of benzene rings is 1. The normalized spacial score (nSPS) is 14.6. The fourth-order valence-electron chi connectivity index (χ4n) is 2.07. The zero-order valence-electron chi connectivity index (χ0n) is 10.2. The van der Waals surface area contributed by atoms with Crippen LogP contribution in [0.4, 0.5) is 16.2 Å². The van der Waals surface area contributed by atoms with Crippen molar-refractivity contribution in [3.63, 3.8) is 0 Å². The highest BCUT2D eigenvalue weighted by Crippen LogP contribution is 2.25. The van der Waals surface area contributed by atoms with E-state index >= 15 is 0 Å². The maximum absolute atomic E-state index is 11.9. The van der Waals surface area contributed by atoms with Gasteiger partial charge in [-0.1, -0.05) is 6.07 Å². The van der Waals surface area contributed by atoms with Crippen LogP contribution in [-0.2, 0) is 0 Å². The molecule has 0 aromatic heterocycles. The number of rotatable bonds is 2. The maximum Gasteiger partial charge on any atom is 0.321 e. The Morgan fingerprint density at radius 3 is 2.67 bits per heavy atom. The van der Waals surface area contributed by atoms with Crippen molar-refractivity contribution < 1.29 is 9.72 Å². The molecule has 0 atom stereocenters. The molecule has 6 heteroatoms. The predicted molar refractivity (Wildman–Crippen MR) is 67.7 cm³/mol. The molecule has 1 aliphatic rings. The van der Waals surface area contributed by atoms with Gasteiger partial charge in [-0.25, -0.2) is 4.79 Å². The molecule has 1 fully saturated rings. The van der Waals surface area contributed by atoms with Crippen LogP contribution in [0.5, 0.6) is 0 Å². The van der Waals surface area contributed by atoms with Gasteiger partial charge in [-0.3, -0.25) is 10.1 Å². The molecule has 0 saturated carbocycles. The van der Waals surface area contributed by atoms with E-state index in [0.29, 0.717) is 11.3 Å². The van der Waals surface area contributed by atoms with Gasteiger partial charge in [0.15, 0.2) is 0 Å². The summed E-state index contributed by atoms with van der Waals surface area (Å²) in [5, 5.41) is 13.5. The summed E-state index contributed by atoms with van der Waals surface area (Å²) in [5.41, 5.74) is 1.00. The summed E-state index contributed by atoms with van der Waals surface area (Å²) in [6.45, 7) is 3.14. The van der Waals surface area contributed by atoms with Gasteiger partial charge in [-0.15, -0.1) is 0 Å². The number of likely N-dealkylation sites (tertiary alicyclic amines) is 1. The van der Waals surface area contributed by atoms with Crippen molar-refractivity contribution in [3.05, 3.63) is 33.9 Å². The number of carbonyl (C=O) groups is 1. The van der Waals surface area contributed by atoms with Gasteiger partial charge in [0.1, 0.15) is 0 Å². The first kappa shape index (κ1) is 12.3. The van der Waals surface area contributed by atoms with Crippen molar-refractivity contribution >= 4 is 17.4 Å². The van der Waals surface area contributed by atoms with Gasteiger partial charge in [0.05, 0.1) is 16.2 Å². The first-order valence-electron chi connectivity index (χ1n) is 5.89. The van der Waals surface area contributed by atoms with Gasteiger partial charge in [-0.2, -0.15) is 0 Å². The van der Waals surface area contributed by atoms with Crippen molar-refractivity contribution in [2.24, 2.45) is 0 Å². The molecule has 1 saturated heterocycles. The fraction of sp³-hybridized carbons (Fsp3) is 0.417. The van der Waals surface area contributed by atoms with Crippen LogP contribution >= 0.6 is 0 Å². The average molecular weight is 249 g/mol. The molecule has 0 aliphatic carbocycles. The van der Waals surface area contributed by atoms with Crippen molar-refractivity contribution in [1.29, 1.82) is 0 Å². The van der Waals surface area contributed by atoms with E-state index in [2.05, 4.69) is 5.32 Å². The molecule has 96 valence electrons. The largest absolute Gasteiger partial charge is 0.325 e. The minimum absolute atomic E-state index is 0.0224. The molecule has 1 aliphatic heterocycles. The SMILES string of the molecule is Cc1c(NC(=O)N2CCCC2)cccc1[N+](=O)[O-]. The summed E-state index contributed by atoms with van der Waals surface area (Å²) in [5.74, 6) is 0. The molecule has 0 spiro atoms. The van der Waals surface area contributed by atoms with Gasteiger partial charge < -0.3 is 10.2 Å². The van der Waals surface area contributed by atoms with E-state index in [4.69, 9.17) is 0 Å². The van der Waals surface area contributed by atoms with Crippen LogP contribution in [0, 0.1) is 17.0 Å². The number of anilines is 1. The quantitative estimate of drug-likeness (QED) is 0.646. The molecule has 1 aromatic rings. The lowest BCUT2D eigenvalue weighted by Crippen LogP contribution is -2.32. The summed E-state index contributed by atoms with van der Waals surface area (Å²) >= 11 is 0. The lowest BCUT2D eigenvalue weighted by Gasteiger charge is -2.17. The number of nitro groups is 1. The van der Waals surface area contributed by atoms with E-state index in [9.17, 15) is 14.9 Å². The highest BCUT2D eigenvalue weighted by Gasteiger charge is 2.20. The van der Waals surface area contributed by atoms with E-state index in [0.717, 1.165) is 25.9 Å². The van der Waals surface area contributed by atoms with E-state index in [1.165, 1.54) is 6.07 Å². The topological polar surface area (TPSA) is 75.5 Å². The van der Waals surface area contributed by atoms with E-state index in [1.54, 1.807) is 24.0 Å². The Balaban J connectivity index is 2.16. The Morgan fingerprint density at radius 1 is 1.39 bits per heavy atom. The van der Waals surface area contributed by atoms with Gasteiger partial charge >= 0.3 is 6.03 Å². The second kappa shape index (κ2) is 5.03. The molecule has 2 amide bonds. The minimum Gasteiger partial charge on any atom is -0.325 e. The Bertz CT molecular complexity index is 481. The number of nitrogens with zero attached hydrogens (tertiary/aromatic N) is 2. The molecule has 2 rings (SSSR count). The zero-order chi connectivity index (χ0) is 13.1. The van der Waals surface area contributed by atoms with Gasteiger partial charge in [0, 0.05) is 19.2 Å². The first-order chi connectivity index (χ1) is 8.59. The molecule has 1 aromatic carbocycles. The zero-order valence-corrected chi connectivity index (χ0v) is 10.2. The van der Waals surface area contributed by atoms with Crippen LogP contribution in [0.15, 0.2) is 18.2 Å². The van der Waals surface area contributed by atoms with Crippen LogP contribution in [0.1, 0.15) is 18.4 Å². The molecule has 0 radical (unpaired) electrons. The number of urea groups is 1. The Morgan fingerprint density at radius 2 is 2.06 bits per heavy atom. The third-order valence-electron chi connectivity index (χ3n) is 3.14. The Hall–Kier alpha value is -2.11. The summed E-state index contributed by atoms with van der Waals surface area (Å²) < 4.78 is 0. The standard InChI is InChI=1S/C12H15N3O3/c1-9-10(5-4-6-11(9)15(17)18)13-12(16)14-7-2-3-8-14/h4-6H,2-3,7-8H2,1H3,(H,13,16). The van der Waals surface area contributed by atoms with Crippen LogP contribution < -0.4 is 5.32 Å². The van der Waals surface area contributed by atoms with Crippen LogP contribution in [0.25, 0.3) is 0 Å². The third-order valence-corrected chi connectivity index (χ3v) is 3.14. The second-order valence-corrected chi connectivity index (χ2v) is 4.33. The van der Waals surface area contributed by atoms with Crippen molar-refractivity contribution in [1.82, 2.24) is 4.90 Å². The van der Waals surface area contributed by atoms with Gasteiger partial charge in [0.25, 0.3) is 5.69 Å². The fourth-order valence-corrected chi connectivity index (χ4v) is 2.07. The summed E-state index contributed by atoms with van der Waals surface area (Å²) in [6, 6.07) is 4.50. The van der Waals surface area contributed by atoms with Crippen LogP contribution in [-0.4, -0.2) is 28.9 Å². The maximum atomic E-state index is 11.9. The van der Waals surface area contributed by atoms with Crippen molar-refractivity contribution in [2.45, 2.75) is 19.8 Å². The molecule has 0 bridgehead atoms. The number of amides is 2. The summed E-state index contributed by atoms with van der Waals surface area (Å²) in [6.07, 6.45) is 2.03. The molecule has 1 N–H and O–H groups in total. The lowest BCUT2D eigenvalue weighted by molar-refractivity contribution is -0.385. The smallest absolute Gasteiger partial charge is 0.321 e. The molecule has 0 unspecified atom stereocenters. The minimum atomic E-state index is -0.444. The first-order valence-corrected chi connectivity index (χ1v) is 5.89. The lowest BCUT2D eigenvalue weighted by atomic mass is 10.1. The van der Waals surface area contributed by atoms with Crippen LogP contribution in [0.3, 0.4) is 0 Å². The number of hydrogen-bond acceptors (Lipinski definition) is 3. The number of nitro benzene ring substituents is 1. The van der Waals surface area contributed by atoms with Gasteiger partial charge in [0.2, 0.25) is 0 Å². The molecule has 6 nitrogen and oxygen atoms in total. The predicted octanol–water partition coefficient (Wildman–Crippen LogP) is 2.53. The number of carbonyl (C=O) groups excluding carboxylic acids is 1. The highest BCUT2D eigenvalue weighted by molar-refractivity contribution is 5.90. The Labute approximate surface area is 105 Å². The molecular weight excluding hydrogens is 234 g/mol. The van der Waals surface area contributed by atoms with Crippen LogP contribution in [0.2, 0.25) is 0 Å². The summed E-state index contributed by atoms with van der Waals surface area (Å²) in [4.78, 5) is 24.0. The van der Waals surface area contributed by atoms with Crippen molar-refractivity contribution in [2.75, 3.05) is 18.4 Å². The highest BCUT2D eigenvalue weighted by atomic mass is 16.6. The molecular formula is C12H15N3O3. The van der Waals surface area contributed by atoms with E-state index in [-0.39, 0.29) is 11.7 Å². The average Bonchev–Trinajstić information content (AvgIpc) is 2.85. The summed E-state index contributed by atoms with van der Waals surface area (Å²) in [7, 11) is 0. The Kier molecular flexibility index (Phi) is 3.45. The molecule has 1 heterocycles. The van der Waals surface area contributed by atoms with E-state index < -0.39 is 4.92 Å². The number of nitrogens with one attached hydrogen (secondary N) is 1. The number of hydrogen-bond donors (Lipinski definition) is 1. The van der Waals surface area contributed by atoms with E-state index in [1.807, 2.05) is 0 Å².